The van der Waals surface area contributed by atoms with Crippen molar-refractivity contribution in [1.82, 2.24) is 0 Å². The van der Waals surface area contributed by atoms with Gasteiger partial charge in [0.05, 0.1) is 21.0 Å². The van der Waals surface area contributed by atoms with Crippen LogP contribution in [0.1, 0.15) is 43.4 Å². The predicted molar refractivity (Wildman–Crippen MR) is 131 cm³/mol. The number of halogens is 7. The predicted octanol–water partition coefficient (Wildman–Crippen LogP) is 7.22. The molecular weight excluding hydrogens is 582 g/mol. The molecule has 11 heteroatoms. The van der Waals surface area contributed by atoms with E-state index in [-0.39, 0.29) is 26.2 Å². The van der Waals surface area contributed by atoms with Crippen molar-refractivity contribution in [3.8, 4) is 0 Å². The average Bonchev–Trinajstić information content (AvgIpc) is 2.68. The van der Waals surface area contributed by atoms with Gasteiger partial charge in [-0.15, -0.1) is 0 Å². The van der Waals surface area contributed by atoms with Gasteiger partial charge >= 0.3 is 12.1 Å². The minimum Gasteiger partial charge on any atom is -0.858 e. The molecule has 0 aliphatic rings. The van der Waals surface area contributed by atoms with E-state index in [0.29, 0.717) is 10.0 Å². The highest BCUT2D eigenvalue weighted by molar-refractivity contribution is 9.10. The summed E-state index contributed by atoms with van der Waals surface area (Å²) in [5.41, 5.74) is -0.350. The Morgan fingerprint density at radius 1 is 1.15 bits per heavy atom. The van der Waals surface area contributed by atoms with Gasteiger partial charge in [0.1, 0.15) is 12.1 Å². The molecular formula is C23H19BrCl3F3NO3-. The summed E-state index contributed by atoms with van der Waals surface area (Å²) in [5, 5.41) is 12.1. The molecule has 4 nitrogen and oxygen atoms in total. The molecule has 0 N–H and O–H groups in total. The van der Waals surface area contributed by atoms with E-state index < -0.39 is 36.1 Å². The smallest absolute Gasteiger partial charge is 0.399 e. The molecule has 0 aliphatic heterocycles. The number of benzene rings is 2. The maximum Gasteiger partial charge on any atom is 0.399 e. The summed E-state index contributed by atoms with van der Waals surface area (Å²) >= 11 is 20.8. The standard InChI is InChI=1S/C23H20BrCl3F3NO3/c1-22(2,3)34-19(32)11-31-21(33)14-6-4-12(8-16(14)24)5-7-15(23(28,29)30)13-9-17(25)20(27)18(26)10-13/h4-10,15H,11H2,1-3H3,(H,31,33)/p-1/b7-5+. The number of allylic oxidation sites excluding steroid dienone is 1. The van der Waals surface area contributed by atoms with Gasteiger partial charge < -0.3 is 9.84 Å². The number of nitrogens with zero attached hydrogens (tertiary/aromatic N) is 1. The van der Waals surface area contributed by atoms with Crippen LogP contribution in [-0.4, -0.2) is 30.2 Å². The van der Waals surface area contributed by atoms with E-state index in [0.717, 1.165) is 18.2 Å². The highest BCUT2D eigenvalue weighted by atomic mass is 79.9. The van der Waals surface area contributed by atoms with E-state index in [1.165, 1.54) is 24.3 Å². The second kappa shape index (κ2) is 11.3. The molecule has 0 saturated carbocycles. The zero-order valence-electron chi connectivity index (χ0n) is 18.1. The van der Waals surface area contributed by atoms with Crippen LogP contribution in [0, 0.1) is 0 Å². The molecule has 0 spiro atoms. The van der Waals surface area contributed by atoms with Gasteiger partial charge in [-0.25, -0.2) is 0 Å². The van der Waals surface area contributed by atoms with E-state index >= 15 is 0 Å². The minimum absolute atomic E-state index is 0.0294. The number of hydrogen-bond acceptors (Lipinski definition) is 4. The number of esters is 1. The molecule has 0 aliphatic carbocycles. The highest BCUT2D eigenvalue weighted by Crippen LogP contribution is 2.41. The van der Waals surface area contributed by atoms with Crippen molar-refractivity contribution in [1.29, 1.82) is 0 Å². The van der Waals surface area contributed by atoms with Crippen LogP contribution in [-0.2, 0) is 9.53 Å². The van der Waals surface area contributed by atoms with Crippen molar-refractivity contribution in [3.05, 3.63) is 72.6 Å². The third-order valence-corrected chi connectivity index (χ3v) is 6.05. The Bertz CT molecular complexity index is 1110. The lowest BCUT2D eigenvalue weighted by atomic mass is 9.97. The molecule has 2 rings (SSSR count). The Balaban J connectivity index is 2.26. The molecule has 0 saturated heterocycles. The van der Waals surface area contributed by atoms with Gasteiger partial charge in [-0.1, -0.05) is 75.0 Å². The number of alkyl halides is 3. The molecule has 0 fully saturated rings. The van der Waals surface area contributed by atoms with Gasteiger partial charge in [-0.2, -0.15) is 13.2 Å². The molecule has 0 aromatic heterocycles. The maximum absolute atomic E-state index is 13.7. The highest BCUT2D eigenvalue weighted by Gasteiger charge is 2.39. The van der Waals surface area contributed by atoms with Gasteiger partial charge in [-0.05, 0) is 61.6 Å². The lowest BCUT2D eigenvalue weighted by Crippen LogP contribution is -2.27. The van der Waals surface area contributed by atoms with Crippen LogP contribution in [0.2, 0.25) is 15.1 Å². The van der Waals surface area contributed by atoms with E-state index in [4.69, 9.17) is 39.5 Å². The van der Waals surface area contributed by atoms with Gasteiger partial charge in [0.2, 0.25) is 0 Å². The summed E-state index contributed by atoms with van der Waals surface area (Å²) in [6.07, 6.45) is -2.41. The van der Waals surface area contributed by atoms with E-state index in [2.05, 4.69) is 20.9 Å². The first-order valence-corrected chi connectivity index (χ1v) is 11.6. The first-order chi connectivity index (χ1) is 15.6. The van der Waals surface area contributed by atoms with Crippen LogP contribution in [0.4, 0.5) is 13.2 Å². The van der Waals surface area contributed by atoms with Crippen molar-refractivity contribution in [2.45, 2.75) is 38.5 Å². The molecule has 0 radical (unpaired) electrons. The lowest BCUT2D eigenvalue weighted by molar-refractivity contribution is -0.213. The third kappa shape index (κ3) is 8.18. The largest absolute Gasteiger partial charge is 0.858 e. The first kappa shape index (κ1) is 28.5. The molecule has 0 bridgehead atoms. The first-order valence-electron chi connectivity index (χ1n) is 9.71. The summed E-state index contributed by atoms with van der Waals surface area (Å²) in [4.78, 5) is 15.4. The van der Waals surface area contributed by atoms with E-state index in [1.807, 2.05) is 0 Å². The quantitative estimate of drug-likeness (QED) is 0.152. The van der Waals surface area contributed by atoms with Crippen molar-refractivity contribution < 1.29 is 27.8 Å². The van der Waals surface area contributed by atoms with E-state index in [9.17, 15) is 23.1 Å². The van der Waals surface area contributed by atoms with Gasteiger partial charge in [0, 0.05) is 4.47 Å². The monoisotopic (exact) mass is 598 g/mol. The number of carbonyl (C=O) groups is 1. The Morgan fingerprint density at radius 3 is 2.24 bits per heavy atom. The Morgan fingerprint density at radius 2 is 1.74 bits per heavy atom. The van der Waals surface area contributed by atoms with Crippen molar-refractivity contribution in [2.75, 3.05) is 6.54 Å². The zero-order chi connectivity index (χ0) is 25.8. The van der Waals surface area contributed by atoms with Crippen LogP contribution in [0.25, 0.3) is 6.08 Å². The second-order valence-corrected chi connectivity index (χ2v) is 10.2. The summed E-state index contributed by atoms with van der Waals surface area (Å²) < 4.78 is 46.5. The lowest BCUT2D eigenvalue weighted by Gasteiger charge is -2.19. The molecule has 1 atom stereocenters. The summed E-state index contributed by atoms with van der Waals surface area (Å²) in [7, 11) is 0. The topological polar surface area (TPSA) is 61.7 Å². The summed E-state index contributed by atoms with van der Waals surface area (Å²) in [5.74, 6) is -3.33. The fourth-order valence-electron chi connectivity index (χ4n) is 2.77. The Hall–Kier alpha value is -1.74. The molecule has 1 unspecified atom stereocenters. The number of ether oxygens (including phenoxy) is 1. The van der Waals surface area contributed by atoms with Crippen LogP contribution < -0.4 is 5.11 Å². The Labute approximate surface area is 218 Å². The third-order valence-electron chi connectivity index (χ3n) is 4.19. The second-order valence-electron chi connectivity index (χ2n) is 8.12. The maximum atomic E-state index is 13.7. The van der Waals surface area contributed by atoms with Gasteiger partial charge in [0.25, 0.3) is 0 Å². The van der Waals surface area contributed by atoms with Crippen LogP contribution in [0.3, 0.4) is 0 Å². The Kier molecular flexibility index (Phi) is 9.50. The van der Waals surface area contributed by atoms with E-state index in [1.54, 1.807) is 20.8 Å². The SMILES string of the molecule is CC(C)(C)OC(=O)CN=C([O-])c1ccc(/C=C/C(c2cc(Cl)c(Cl)c(Cl)c2)C(F)(F)F)cc1Br. The van der Waals surface area contributed by atoms with Crippen molar-refractivity contribution in [2.24, 2.45) is 4.99 Å². The van der Waals surface area contributed by atoms with Crippen LogP contribution in [0.15, 0.2) is 45.9 Å². The number of aliphatic imine (C=N–C) groups is 1. The molecule has 34 heavy (non-hydrogen) atoms. The molecule has 0 heterocycles. The van der Waals surface area contributed by atoms with Crippen molar-refractivity contribution >= 4 is 68.7 Å². The van der Waals surface area contributed by atoms with Gasteiger partial charge in [-0.3, -0.25) is 9.79 Å². The van der Waals surface area contributed by atoms with Crippen molar-refractivity contribution in [3.63, 3.8) is 0 Å². The molecule has 0 amide bonds. The molecule has 2 aromatic rings. The fourth-order valence-corrected chi connectivity index (χ4v) is 3.95. The number of carbonyl (C=O) groups excluding carboxylic acids is 1. The van der Waals surface area contributed by atoms with Crippen LogP contribution in [0.5, 0.6) is 0 Å². The minimum atomic E-state index is -4.62. The molecule has 184 valence electrons. The average molecular weight is 601 g/mol. The number of rotatable bonds is 6. The summed E-state index contributed by atoms with van der Waals surface area (Å²) in [6.45, 7) is 4.61. The van der Waals surface area contributed by atoms with Crippen LogP contribution >= 0.6 is 50.7 Å². The molecule has 2 aromatic carbocycles. The fraction of sp³-hybridized carbons (Fsp3) is 0.304. The number of hydrogen-bond donors (Lipinski definition) is 0. The normalized spacial score (nSPS) is 13.9. The van der Waals surface area contributed by atoms with Gasteiger partial charge in [0.15, 0.2) is 0 Å². The zero-order valence-corrected chi connectivity index (χ0v) is 22.0. The summed E-state index contributed by atoms with van der Waals surface area (Å²) in [6, 6.07) is 6.53.